The molecule has 0 radical (unpaired) electrons. The van der Waals surface area contributed by atoms with Crippen LogP contribution in [0.25, 0.3) is 0 Å². The van der Waals surface area contributed by atoms with E-state index in [2.05, 4.69) is 0 Å². The van der Waals surface area contributed by atoms with Gasteiger partial charge in [-0.25, -0.2) is 0 Å². The Morgan fingerprint density at radius 3 is 2.82 bits per heavy atom. The van der Waals surface area contributed by atoms with Crippen molar-refractivity contribution in [3.05, 3.63) is 22.7 Å². The lowest BCUT2D eigenvalue weighted by molar-refractivity contribution is -0.145. The molecule has 2 rings (SSSR count). The van der Waals surface area contributed by atoms with E-state index in [-0.39, 0.29) is 6.79 Å². The molecule has 2 atom stereocenters. The Hall–Kier alpha value is -1.46. The van der Waals surface area contributed by atoms with Crippen LogP contribution in [0.3, 0.4) is 0 Å². The summed E-state index contributed by atoms with van der Waals surface area (Å²) in [4.78, 5) is 10.8. The minimum Gasteiger partial charge on any atom is -0.481 e. The molecule has 1 aromatic rings. The number of aliphatic hydroxyl groups is 1. The third kappa shape index (κ3) is 2.16. The fraction of sp³-hybridized carbons (Fsp3) is 0.364. The fourth-order valence-corrected chi connectivity index (χ4v) is 1.86. The van der Waals surface area contributed by atoms with E-state index in [0.717, 1.165) is 0 Å². The number of fused-ring (bicyclic) bond motifs is 1. The van der Waals surface area contributed by atoms with Crippen molar-refractivity contribution >= 4 is 17.6 Å². The number of rotatable bonds is 3. The first-order valence-electron chi connectivity index (χ1n) is 5.00. The summed E-state index contributed by atoms with van der Waals surface area (Å²) in [5.41, 5.74) is 0.397. The Balaban J connectivity index is 2.34. The summed E-state index contributed by atoms with van der Waals surface area (Å²) < 4.78 is 10.3. The van der Waals surface area contributed by atoms with Gasteiger partial charge in [-0.2, -0.15) is 0 Å². The van der Waals surface area contributed by atoms with Crippen molar-refractivity contribution < 1.29 is 24.5 Å². The Morgan fingerprint density at radius 2 is 2.18 bits per heavy atom. The number of aliphatic carboxylic acids is 1. The first-order valence-corrected chi connectivity index (χ1v) is 5.38. The van der Waals surface area contributed by atoms with Crippen molar-refractivity contribution in [1.82, 2.24) is 0 Å². The summed E-state index contributed by atoms with van der Waals surface area (Å²) in [5, 5.41) is 19.0. The molecule has 0 fully saturated rings. The van der Waals surface area contributed by atoms with Gasteiger partial charge in [-0.3, -0.25) is 4.79 Å². The van der Waals surface area contributed by atoms with Gasteiger partial charge < -0.3 is 19.7 Å². The maximum Gasteiger partial charge on any atom is 0.309 e. The molecule has 1 heterocycles. The highest BCUT2D eigenvalue weighted by molar-refractivity contribution is 6.32. The van der Waals surface area contributed by atoms with Gasteiger partial charge in [0.1, 0.15) is 0 Å². The zero-order valence-electron chi connectivity index (χ0n) is 9.01. The topological polar surface area (TPSA) is 76.0 Å². The van der Waals surface area contributed by atoms with Gasteiger partial charge >= 0.3 is 5.97 Å². The standard InChI is InChI=1S/C11H11ClO5/c1-5(11(14)15)9(13)6-2-7(12)10-8(3-6)16-4-17-10/h2-3,5,9,13H,4H2,1H3,(H,14,15). The van der Waals surface area contributed by atoms with E-state index >= 15 is 0 Å². The van der Waals surface area contributed by atoms with Gasteiger partial charge in [0.25, 0.3) is 0 Å². The van der Waals surface area contributed by atoms with Crippen LogP contribution >= 0.6 is 11.6 Å². The summed E-state index contributed by atoms with van der Waals surface area (Å²) in [6, 6.07) is 3.03. The van der Waals surface area contributed by atoms with Gasteiger partial charge in [-0.1, -0.05) is 11.6 Å². The van der Waals surface area contributed by atoms with Crippen LogP contribution < -0.4 is 9.47 Å². The third-order valence-corrected chi connectivity index (χ3v) is 2.93. The monoisotopic (exact) mass is 258 g/mol. The number of carboxylic acids is 1. The van der Waals surface area contributed by atoms with Crippen LogP contribution in [0.2, 0.25) is 5.02 Å². The van der Waals surface area contributed by atoms with Crippen LogP contribution in [0.15, 0.2) is 12.1 Å². The predicted octanol–water partition coefficient (Wildman–Crippen LogP) is 1.82. The van der Waals surface area contributed by atoms with Gasteiger partial charge in [-0.15, -0.1) is 0 Å². The minimum atomic E-state index is -1.14. The summed E-state index contributed by atoms with van der Waals surface area (Å²) in [6.45, 7) is 1.49. The normalized spacial score (nSPS) is 16.6. The average molecular weight is 259 g/mol. The van der Waals surface area contributed by atoms with Crippen molar-refractivity contribution in [3.63, 3.8) is 0 Å². The van der Waals surface area contributed by atoms with Crippen LogP contribution in [0.4, 0.5) is 0 Å². The second-order valence-corrected chi connectivity index (χ2v) is 4.22. The lowest BCUT2D eigenvalue weighted by atomic mass is 9.97. The Morgan fingerprint density at radius 1 is 1.47 bits per heavy atom. The molecule has 0 aliphatic carbocycles. The fourth-order valence-electron chi connectivity index (χ4n) is 1.58. The Bertz CT molecular complexity index is 459. The SMILES string of the molecule is CC(C(=O)O)C(O)c1cc(Cl)c2c(c1)OCO2. The second kappa shape index (κ2) is 4.43. The van der Waals surface area contributed by atoms with E-state index in [1.807, 2.05) is 0 Å². The predicted molar refractivity (Wildman–Crippen MR) is 59.3 cm³/mol. The molecule has 0 spiro atoms. The molecule has 2 unspecified atom stereocenters. The molecule has 0 bridgehead atoms. The first kappa shape index (κ1) is 12.0. The molecular weight excluding hydrogens is 248 g/mol. The molecular formula is C11H11ClO5. The summed E-state index contributed by atoms with van der Waals surface area (Å²) in [5.74, 6) is -1.16. The average Bonchev–Trinajstić information content (AvgIpc) is 2.75. The lowest BCUT2D eigenvalue weighted by Crippen LogP contribution is -2.18. The van der Waals surface area contributed by atoms with Gasteiger partial charge in [0, 0.05) is 0 Å². The van der Waals surface area contributed by atoms with Crippen LogP contribution in [0.5, 0.6) is 11.5 Å². The van der Waals surface area contributed by atoms with Crippen molar-refractivity contribution in [2.45, 2.75) is 13.0 Å². The molecule has 6 heteroatoms. The number of hydrogen-bond acceptors (Lipinski definition) is 4. The number of aliphatic hydroxyl groups excluding tert-OH is 1. The van der Waals surface area contributed by atoms with Crippen molar-refractivity contribution in [2.24, 2.45) is 5.92 Å². The number of benzene rings is 1. The molecule has 17 heavy (non-hydrogen) atoms. The summed E-state index contributed by atoms with van der Waals surface area (Å²) in [6.07, 6.45) is -1.14. The van der Waals surface area contributed by atoms with Crippen LogP contribution in [-0.4, -0.2) is 23.0 Å². The number of hydrogen-bond donors (Lipinski definition) is 2. The van der Waals surface area contributed by atoms with E-state index in [1.165, 1.54) is 13.0 Å². The van der Waals surface area contributed by atoms with E-state index in [0.29, 0.717) is 22.1 Å². The number of halogens is 1. The Kier molecular flexibility index (Phi) is 3.13. The highest BCUT2D eigenvalue weighted by atomic mass is 35.5. The molecule has 0 saturated carbocycles. The van der Waals surface area contributed by atoms with Crippen LogP contribution in [0.1, 0.15) is 18.6 Å². The lowest BCUT2D eigenvalue weighted by Gasteiger charge is -2.16. The van der Waals surface area contributed by atoms with E-state index in [4.69, 9.17) is 26.2 Å². The van der Waals surface area contributed by atoms with Gasteiger partial charge in [0.2, 0.25) is 6.79 Å². The first-order chi connectivity index (χ1) is 8.00. The minimum absolute atomic E-state index is 0.0725. The molecule has 2 N–H and O–H groups in total. The highest BCUT2D eigenvalue weighted by Crippen LogP contribution is 2.41. The van der Waals surface area contributed by atoms with Crippen molar-refractivity contribution in [1.29, 1.82) is 0 Å². The van der Waals surface area contributed by atoms with Gasteiger partial charge in [0.05, 0.1) is 17.0 Å². The largest absolute Gasteiger partial charge is 0.481 e. The molecule has 0 saturated heterocycles. The summed E-state index contributed by atoms with van der Waals surface area (Å²) in [7, 11) is 0. The highest BCUT2D eigenvalue weighted by Gasteiger charge is 2.26. The van der Waals surface area contributed by atoms with Crippen LogP contribution in [-0.2, 0) is 4.79 Å². The Labute approximate surface area is 103 Å². The third-order valence-electron chi connectivity index (χ3n) is 2.65. The quantitative estimate of drug-likeness (QED) is 0.865. The molecule has 0 amide bonds. The maximum atomic E-state index is 10.8. The maximum absolute atomic E-state index is 10.8. The van der Waals surface area contributed by atoms with E-state index < -0.39 is 18.0 Å². The number of carbonyl (C=O) groups is 1. The second-order valence-electron chi connectivity index (χ2n) is 3.81. The molecule has 1 aliphatic heterocycles. The smallest absolute Gasteiger partial charge is 0.309 e. The molecule has 1 aromatic carbocycles. The van der Waals surface area contributed by atoms with E-state index in [9.17, 15) is 9.90 Å². The summed E-state index contributed by atoms with van der Waals surface area (Å²) >= 11 is 5.94. The van der Waals surface area contributed by atoms with Gasteiger partial charge in [0.15, 0.2) is 11.5 Å². The molecule has 5 nitrogen and oxygen atoms in total. The van der Waals surface area contributed by atoms with E-state index in [1.54, 1.807) is 6.07 Å². The van der Waals surface area contributed by atoms with Crippen molar-refractivity contribution in [2.75, 3.05) is 6.79 Å². The molecule has 0 aromatic heterocycles. The molecule has 92 valence electrons. The zero-order chi connectivity index (χ0) is 12.6. The van der Waals surface area contributed by atoms with Gasteiger partial charge in [-0.05, 0) is 24.6 Å². The molecule has 1 aliphatic rings. The number of ether oxygens (including phenoxy) is 2. The number of carboxylic acid groups (broad SMARTS) is 1. The zero-order valence-corrected chi connectivity index (χ0v) is 9.77. The van der Waals surface area contributed by atoms with Crippen molar-refractivity contribution in [3.8, 4) is 11.5 Å². The van der Waals surface area contributed by atoms with Crippen LogP contribution in [0, 0.1) is 5.92 Å².